The smallest absolute Gasteiger partial charge is 0.274 e. The molecule has 4 rings (SSSR count). The maximum atomic E-state index is 11.6. The van der Waals surface area contributed by atoms with Crippen LogP contribution in [0.5, 0.6) is 0 Å². The molecule has 2 aromatic rings. The maximum absolute atomic E-state index is 11.6. The van der Waals surface area contributed by atoms with Gasteiger partial charge < -0.3 is 0 Å². The Bertz CT molecular complexity index is 819. The Morgan fingerprint density at radius 1 is 0.692 bits per heavy atom. The van der Waals surface area contributed by atoms with Crippen molar-refractivity contribution >= 4 is 35.9 Å². The van der Waals surface area contributed by atoms with E-state index >= 15 is 0 Å². The van der Waals surface area contributed by atoms with Gasteiger partial charge in [-0.05, 0) is 24.3 Å². The predicted molar refractivity (Wildman–Crippen MR) is 99.6 cm³/mol. The number of para-hydroxylation sites is 2. The Balaban J connectivity index is 0.000000151. The number of rotatable bonds is 0. The summed E-state index contributed by atoms with van der Waals surface area (Å²) in [5, 5.41) is 2.80. The number of nitrogens with one attached hydrogen (secondary N) is 2. The minimum atomic E-state index is -0.0758. The minimum absolute atomic E-state index is 0.0758. The molecule has 2 aliphatic heterocycles. The molecule has 0 atom stereocenters. The molecule has 8 heteroatoms. The van der Waals surface area contributed by atoms with E-state index in [-0.39, 0.29) is 11.8 Å². The molecular formula is C18H18N6O2. The molecule has 0 radical (unpaired) electrons. The van der Waals surface area contributed by atoms with E-state index in [1.54, 1.807) is 26.2 Å². The zero-order valence-electron chi connectivity index (χ0n) is 14.4. The fraction of sp³-hybridized carbons (Fsp3) is 0.111. The Labute approximate surface area is 150 Å². The van der Waals surface area contributed by atoms with Crippen molar-refractivity contribution in [3.05, 3.63) is 59.7 Å². The zero-order chi connectivity index (χ0) is 18.5. The van der Waals surface area contributed by atoms with Gasteiger partial charge in [0, 0.05) is 14.1 Å². The van der Waals surface area contributed by atoms with Gasteiger partial charge in [0.25, 0.3) is 11.8 Å². The minimum Gasteiger partial charge on any atom is -0.285 e. The highest BCUT2D eigenvalue weighted by Crippen LogP contribution is 2.21. The summed E-state index contributed by atoms with van der Waals surface area (Å²) in [6.45, 7) is 0. The van der Waals surface area contributed by atoms with E-state index in [2.05, 4.69) is 20.8 Å². The number of nitrogens with zero attached hydrogens (tertiary/aromatic N) is 4. The molecule has 0 saturated carbocycles. The highest BCUT2D eigenvalue weighted by molar-refractivity contribution is 6.01. The highest BCUT2D eigenvalue weighted by Gasteiger charge is 2.17. The van der Waals surface area contributed by atoms with Crippen LogP contribution in [0.4, 0.5) is 11.4 Å². The standard InChI is InChI=1S/2C9H9N3O/c2*1-12-9(13)7-4-2-3-5-8(7)10-6-11-12/h2*2-6H,1H3,(H,10,11). The second kappa shape index (κ2) is 7.47. The molecule has 0 spiro atoms. The Hall–Kier alpha value is -3.68. The number of hydrogen-bond acceptors (Lipinski definition) is 6. The quantitative estimate of drug-likeness (QED) is 0.759. The number of benzene rings is 2. The molecule has 0 aromatic heterocycles. The molecule has 26 heavy (non-hydrogen) atoms. The number of aliphatic imine (C=N–C) groups is 2. The van der Waals surface area contributed by atoms with Crippen LogP contribution in [-0.2, 0) is 0 Å². The summed E-state index contributed by atoms with van der Waals surface area (Å²) in [6, 6.07) is 14.5. The first kappa shape index (κ1) is 17.2. The molecule has 132 valence electrons. The molecule has 2 amide bonds. The number of hydrogen-bond donors (Lipinski definition) is 2. The van der Waals surface area contributed by atoms with E-state index in [4.69, 9.17) is 0 Å². The Morgan fingerprint density at radius 2 is 1.08 bits per heavy atom. The van der Waals surface area contributed by atoms with Gasteiger partial charge in [0.1, 0.15) is 12.7 Å². The lowest BCUT2D eigenvalue weighted by molar-refractivity contribution is 0.0757. The van der Waals surface area contributed by atoms with Gasteiger partial charge in [-0.15, -0.1) is 0 Å². The third-order valence-corrected chi connectivity index (χ3v) is 3.79. The van der Waals surface area contributed by atoms with Crippen molar-refractivity contribution in [1.29, 1.82) is 0 Å². The van der Waals surface area contributed by atoms with E-state index in [0.29, 0.717) is 22.5 Å². The summed E-state index contributed by atoms with van der Waals surface area (Å²) < 4.78 is 0. The Morgan fingerprint density at radius 3 is 1.50 bits per heavy atom. The van der Waals surface area contributed by atoms with Crippen LogP contribution < -0.4 is 10.9 Å². The number of fused-ring (bicyclic) bond motifs is 2. The van der Waals surface area contributed by atoms with Crippen LogP contribution >= 0.6 is 0 Å². The maximum Gasteiger partial charge on any atom is 0.274 e. The Kier molecular flexibility index (Phi) is 4.93. The molecule has 2 heterocycles. The van der Waals surface area contributed by atoms with E-state index < -0.39 is 0 Å². The van der Waals surface area contributed by atoms with Crippen LogP contribution in [0.25, 0.3) is 0 Å². The number of hydrazine groups is 2. The van der Waals surface area contributed by atoms with Gasteiger partial charge in [-0.2, -0.15) is 0 Å². The first-order chi connectivity index (χ1) is 12.6. The molecule has 0 fully saturated rings. The second-order valence-electron chi connectivity index (χ2n) is 5.54. The molecule has 0 unspecified atom stereocenters. The average Bonchev–Trinajstić information content (AvgIpc) is 2.90. The summed E-state index contributed by atoms with van der Waals surface area (Å²) in [5.41, 5.74) is 8.10. The molecule has 2 aromatic carbocycles. The molecule has 2 aliphatic rings. The van der Waals surface area contributed by atoms with Crippen LogP contribution in [-0.4, -0.2) is 48.6 Å². The van der Waals surface area contributed by atoms with Gasteiger partial charge in [-0.3, -0.25) is 30.5 Å². The summed E-state index contributed by atoms with van der Waals surface area (Å²) in [5.74, 6) is -0.152. The van der Waals surface area contributed by atoms with Crippen LogP contribution in [0.1, 0.15) is 20.7 Å². The summed E-state index contributed by atoms with van der Waals surface area (Å²) >= 11 is 0. The van der Waals surface area contributed by atoms with Gasteiger partial charge in [-0.1, -0.05) is 24.3 Å². The fourth-order valence-corrected chi connectivity index (χ4v) is 2.38. The summed E-state index contributed by atoms with van der Waals surface area (Å²) in [7, 11) is 3.33. The molecule has 0 bridgehead atoms. The molecule has 8 nitrogen and oxygen atoms in total. The lowest BCUT2D eigenvalue weighted by Gasteiger charge is -2.13. The van der Waals surface area contributed by atoms with Crippen LogP contribution in [0.15, 0.2) is 58.5 Å². The van der Waals surface area contributed by atoms with Crippen molar-refractivity contribution in [1.82, 2.24) is 20.9 Å². The highest BCUT2D eigenvalue weighted by atomic mass is 16.2. The average molecular weight is 350 g/mol. The molecule has 2 N–H and O–H groups in total. The first-order valence-electron chi connectivity index (χ1n) is 7.89. The van der Waals surface area contributed by atoms with Crippen LogP contribution in [0.3, 0.4) is 0 Å². The fourth-order valence-electron chi connectivity index (χ4n) is 2.38. The van der Waals surface area contributed by atoms with E-state index in [1.807, 2.05) is 36.4 Å². The van der Waals surface area contributed by atoms with Gasteiger partial charge in [-0.25, -0.2) is 9.98 Å². The summed E-state index contributed by atoms with van der Waals surface area (Å²) in [4.78, 5) is 31.4. The monoisotopic (exact) mass is 350 g/mol. The second-order valence-corrected chi connectivity index (χ2v) is 5.54. The number of carbonyl (C=O) groups is 2. The van der Waals surface area contributed by atoms with E-state index in [9.17, 15) is 9.59 Å². The SMILES string of the molecule is CN1NC=Nc2ccccc2C1=O.CN1NC=Nc2ccccc2C1=O. The number of carbonyl (C=O) groups excluding carboxylic acids is 2. The largest absolute Gasteiger partial charge is 0.285 e. The van der Waals surface area contributed by atoms with Gasteiger partial charge in [0.05, 0.1) is 22.5 Å². The van der Waals surface area contributed by atoms with E-state index in [1.165, 1.54) is 22.7 Å². The van der Waals surface area contributed by atoms with Crippen molar-refractivity contribution in [2.75, 3.05) is 14.1 Å². The van der Waals surface area contributed by atoms with Crippen molar-refractivity contribution in [2.24, 2.45) is 9.98 Å². The summed E-state index contributed by atoms with van der Waals surface area (Å²) in [6.07, 6.45) is 3.01. The third-order valence-electron chi connectivity index (χ3n) is 3.79. The van der Waals surface area contributed by atoms with Gasteiger partial charge in [0.2, 0.25) is 0 Å². The van der Waals surface area contributed by atoms with Gasteiger partial charge >= 0.3 is 0 Å². The van der Waals surface area contributed by atoms with Gasteiger partial charge in [0.15, 0.2) is 0 Å². The van der Waals surface area contributed by atoms with Crippen molar-refractivity contribution in [2.45, 2.75) is 0 Å². The molecule has 0 saturated heterocycles. The van der Waals surface area contributed by atoms with Crippen LogP contribution in [0, 0.1) is 0 Å². The van der Waals surface area contributed by atoms with Crippen LogP contribution in [0.2, 0.25) is 0 Å². The van der Waals surface area contributed by atoms with Crippen molar-refractivity contribution in [3.8, 4) is 0 Å². The van der Waals surface area contributed by atoms with E-state index in [0.717, 1.165) is 0 Å². The third kappa shape index (κ3) is 3.54. The first-order valence-corrected chi connectivity index (χ1v) is 7.89. The van der Waals surface area contributed by atoms with Crippen molar-refractivity contribution < 1.29 is 9.59 Å². The predicted octanol–water partition coefficient (Wildman–Crippen LogP) is 1.87. The zero-order valence-corrected chi connectivity index (χ0v) is 14.4. The molecular weight excluding hydrogens is 332 g/mol. The topological polar surface area (TPSA) is 89.4 Å². The lowest BCUT2D eigenvalue weighted by Crippen LogP contribution is -2.37. The molecule has 0 aliphatic carbocycles. The normalized spacial score (nSPS) is 14.8. The lowest BCUT2D eigenvalue weighted by atomic mass is 10.1. The number of amides is 2. The van der Waals surface area contributed by atoms with Crippen molar-refractivity contribution in [3.63, 3.8) is 0 Å².